The lowest BCUT2D eigenvalue weighted by molar-refractivity contribution is 0.615. The molecule has 2 aliphatic rings. The fourth-order valence-corrected chi connectivity index (χ4v) is 4.07. The van der Waals surface area contributed by atoms with Gasteiger partial charge in [-0.1, -0.05) is 37.7 Å². The molecule has 0 amide bonds. The maximum atomic E-state index is 5.55. The first kappa shape index (κ1) is 12.1. The van der Waals surface area contributed by atoms with Gasteiger partial charge in [0.25, 0.3) is 0 Å². The van der Waals surface area contributed by atoms with Gasteiger partial charge in [0.1, 0.15) is 5.58 Å². The van der Waals surface area contributed by atoms with E-state index in [1.807, 2.05) is 17.8 Å². The molecule has 2 aromatic rings. The van der Waals surface area contributed by atoms with E-state index in [2.05, 4.69) is 41.9 Å². The number of nitrogens with zero attached hydrogens (tertiary/aromatic N) is 2. The number of aliphatic imine (C=N–C) groups is 1. The van der Waals surface area contributed by atoms with Crippen LogP contribution in [-0.2, 0) is 0 Å². The summed E-state index contributed by atoms with van der Waals surface area (Å²) in [6.45, 7) is 6.39. The van der Waals surface area contributed by atoms with E-state index in [1.165, 1.54) is 21.6 Å². The number of allylic oxidation sites excluding steroid dienone is 1. The van der Waals surface area contributed by atoms with Crippen molar-refractivity contribution in [3.8, 4) is 0 Å². The molecule has 2 aliphatic heterocycles. The van der Waals surface area contributed by atoms with Crippen LogP contribution in [0, 0.1) is 5.92 Å². The van der Waals surface area contributed by atoms with E-state index < -0.39 is 0 Å². The van der Waals surface area contributed by atoms with Crippen molar-refractivity contribution in [1.29, 1.82) is 0 Å². The second kappa shape index (κ2) is 4.42. The monoisotopic (exact) mass is 284 g/mol. The maximum absolute atomic E-state index is 5.55. The fourth-order valence-electron chi connectivity index (χ4n) is 2.87. The van der Waals surface area contributed by atoms with Crippen LogP contribution in [0.3, 0.4) is 0 Å². The highest BCUT2D eigenvalue weighted by Crippen LogP contribution is 2.46. The quantitative estimate of drug-likeness (QED) is 0.828. The molecule has 1 aromatic carbocycles. The Morgan fingerprint density at radius 1 is 1.30 bits per heavy atom. The third kappa shape index (κ3) is 1.64. The highest BCUT2D eigenvalue weighted by molar-refractivity contribution is 8.17. The van der Waals surface area contributed by atoms with E-state index in [0.717, 1.165) is 23.8 Å². The molecule has 0 fully saturated rings. The summed E-state index contributed by atoms with van der Waals surface area (Å²) in [6.07, 6.45) is 1.77. The molecule has 0 saturated heterocycles. The molecular formula is C16H16N2OS. The summed E-state index contributed by atoms with van der Waals surface area (Å²) in [5.74, 6) is 0.505. The Hall–Kier alpha value is -1.68. The maximum Gasteiger partial charge on any atom is 0.168 e. The first-order chi connectivity index (χ1) is 9.75. The number of rotatable bonds is 2. The molecule has 0 bridgehead atoms. The van der Waals surface area contributed by atoms with E-state index in [1.54, 1.807) is 6.26 Å². The number of amidine groups is 1. The van der Waals surface area contributed by atoms with Gasteiger partial charge < -0.3 is 9.32 Å². The summed E-state index contributed by atoms with van der Waals surface area (Å²) < 4.78 is 5.55. The van der Waals surface area contributed by atoms with Gasteiger partial charge in [0, 0.05) is 22.4 Å². The molecule has 0 saturated carbocycles. The van der Waals surface area contributed by atoms with Crippen molar-refractivity contribution in [1.82, 2.24) is 4.90 Å². The van der Waals surface area contributed by atoms with E-state index >= 15 is 0 Å². The smallest absolute Gasteiger partial charge is 0.168 e. The molecule has 4 heteroatoms. The molecule has 3 heterocycles. The summed E-state index contributed by atoms with van der Waals surface area (Å²) >= 11 is 1.83. The molecule has 4 rings (SSSR count). The van der Waals surface area contributed by atoms with Crippen LogP contribution in [-0.4, -0.2) is 23.2 Å². The number of furan rings is 1. The van der Waals surface area contributed by atoms with Gasteiger partial charge in [-0.25, -0.2) is 0 Å². The molecule has 0 unspecified atom stereocenters. The van der Waals surface area contributed by atoms with Gasteiger partial charge in [-0.15, -0.1) is 0 Å². The Balaban J connectivity index is 1.96. The lowest BCUT2D eigenvalue weighted by Crippen LogP contribution is -2.20. The van der Waals surface area contributed by atoms with Crippen LogP contribution >= 0.6 is 11.8 Å². The molecule has 0 spiro atoms. The van der Waals surface area contributed by atoms with Gasteiger partial charge in [0.15, 0.2) is 5.17 Å². The molecule has 102 valence electrons. The van der Waals surface area contributed by atoms with Gasteiger partial charge in [0.2, 0.25) is 0 Å². The number of benzene rings is 1. The molecule has 0 atom stereocenters. The summed E-state index contributed by atoms with van der Waals surface area (Å²) in [5, 5.41) is 2.35. The minimum atomic E-state index is 0.505. The van der Waals surface area contributed by atoms with Crippen LogP contribution in [0.5, 0.6) is 0 Å². The number of fused-ring (bicyclic) bond motifs is 2. The average molecular weight is 284 g/mol. The van der Waals surface area contributed by atoms with Crippen LogP contribution in [0.4, 0.5) is 0 Å². The zero-order valence-corrected chi connectivity index (χ0v) is 12.4. The molecule has 3 nitrogen and oxygen atoms in total. The normalized spacial score (nSPS) is 18.4. The van der Waals surface area contributed by atoms with Gasteiger partial charge in [-0.05, 0) is 18.1 Å². The Bertz CT molecular complexity index is 742. The number of hydrogen-bond acceptors (Lipinski definition) is 4. The number of thioether (sulfide) groups is 1. The van der Waals surface area contributed by atoms with Gasteiger partial charge in [-0.3, -0.25) is 4.99 Å². The van der Waals surface area contributed by atoms with E-state index in [-0.39, 0.29) is 0 Å². The van der Waals surface area contributed by atoms with Crippen molar-refractivity contribution in [3.05, 3.63) is 41.0 Å². The van der Waals surface area contributed by atoms with Crippen LogP contribution in [0.1, 0.15) is 19.4 Å². The minimum Gasteiger partial charge on any atom is -0.464 e. The number of hydrogen-bond donors (Lipinski definition) is 0. The fraction of sp³-hybridized carbons (Fsp3) is 0.312. The van der Waals surface area contributed by atoms with Crippen molar-refractivity contribution < 1.29 is 4.42 Å². The van der Waals surface area contributed by atoms with Gasteiger partial charge in [-0.2, -0.15) is 0 Å². The minimum absolute atomic E-state index is 0.505. The van der Waals surface area contributed by atoms with Gasteiger partial charge >= 0.3 is 0 Å². The first-order valence-electron chi connectivity index (χ1n) is 6.96. The van der Waals surface area contributed by atoms with Crippen molar-refractivity contribution in [2.75, 3.05) is 13.1 Å². The zero-order valence-electron chi connectivity index (χ0n) is 11.6. The Labute approximate surface area is 122 Å². The highest BCUT2D eigenvalue weighted by atomic mass is 32.2. The largest absolute Gasteiger partial charge is 0.464 e. The third-order valence-corrected chi connectivity index (χ3v) is 5.20. The lowest BCUT2D eigenvalue weighted by atomic mass is 10.0. The molecule has 0 N–H and O–H groups in total. The molecule has 20 heavy (non-hydrogen) atoms. The van der Waals surface area contributed by atoms with E-state index in [4.69, 9.17) is 4.42 Å². The van der Waals surface area contributed by atoms with Crippen LogP contribution < -0.4 is 0 Å². The van der Waals surface area contributed by atoms with Crippen LogP contribution in [0.15, 0.2) is 44.8 Å². The van der Waals surface area contributed by atoms with Crippen molar-refractivity contribution in [2.45, 2.75) is 13.8 Å². The van der Waals surface area contributed by atoms with E-state index in [0.29, 0.717) is 5.92 Å². The Kier molecular flexibility index (Phi) is 2.67. The predicted molar refractivity (Wildman–Crippen MR) is 84.6 cm³/mol. The predicted octanol–water partition coefficient (Wildman–Crippen LogP) is 4.18. The first-order valence-corrected chi connectivity index (χ1v) is 7.78. The average Bonchev–Trinajstić information content (AvgIpc) is 3.12. The third-order valence-electron chi connectivity index (χ3n) is 3.78. The summed E-state index contributed by atoms with van der Waals surface area (Å²) in [4.78, 5) is 8.39. The van der Waals surface area contributed by atoms with Crippen LogP contribution in [0.2, 0.25) is 0 Å². The Morgan fingerprint density at radius 3 is 3.05 bits per heavy atom. The Morgan fingerprint density at radius 2 is 2.20 bits per heavy atom. The second-order valence-corrected chi connectivity index (χ2v) is 6.43. The molecule has 0 aliphatic carbocycles. The molecular weight excluding hydrogens is 268 g/mol. The van der Waals surface area contributed by atoms with Crippen LogP contribution in [0.25, 0.3) is 16.7 Å². The van der Waals surface area contributed by atoms with Gasteiger partial charge in [0.05, 0.1) is 18.5 Å². The zero-order chi connectivity index (χ0) is 13.7. The summed E-state index contributed by atoms with van der Waals surface area (Å²) in [5.41, 5.74) is 3.54. The van der Waals surface area contributed by atoms with Crippen molar-refractivity contribution in [3.63, 3.8) is 0 Å². The SMILES string of the molecule is CC(C)C1=C(c2cccc3occc23)N2CCN=C2S1. The summed E-state index contributed by atoms with van der Waals surface area (Å²) in [6, 6.07) is 8.35. The standard InChI is InChI=1S/C16H16N2OS/c1-10(2)15-14(18-8-7-17-16(18)20-15)12-4-3-5-13-11(12)6-9-19-13/h3-6,9-10H,7-8H2,1-2H3. The van der Waals surface area contributed by atoms with E-state index in [9.17, 15) is 0 Å². The molecule has 0 radical (unpaired) electrons. The van der Waals surface area contributed by atoms with Crippen molar-refractivity contribution in [2.24, 2.45) is 10.9 Å². The second-order valence-electron chi connectivity index (χ2n) is 5.42. The highest BCUT2D eigenvalue weighted by Gasteiger charge is 2.34. The topological polar surface area (TPSA) is 28.7 Å². The van der Waals surface area contributed by atoms with Crippen molar-refractivity contribution >= 4 is 33.6 Å². The lowest BCUT2D eigenvalue weighted by Gasteiger charge is -2.18. The summed E-state index contributed by atoms with van der Waals surface area (Å²) in [7, 11) is 0. The molecule has 1 aromatic heterocycles.